The molecule has 1 amide bonds. The van der Waals surface area contributed by atoms with Gasteiger partial charge < -0.3 is 9.67 Å². The molecule has 0 saturated carbocycles. The number of nitrogens with one attached hydrogen (secondary N) is 1. The topological polar surface area (TPSA) is 97.1 Å². The van der Waals surface area contributed by atoms with E-state index in [1.807, 2.05) is 0 Å². The monoisotopic (exact) mass is 280 g/mol. The number of pyridine rings is 1. The lowest BCUT2D eigenvalue weighted by molar-refractivity contribution is 0.102. The van der Waals surface area contributed by atoms with Crippen LogP contribution in [0.2, 0.25) is 0 Å². The van der Waals surface area contributed by atoms with E-state index in [2.05, 4.69) is 14.7 Å². The minimum Gasteiger partial charge on any atom is -0.507 e. The fourth-order valence-electron chi connectivity index (χ4n) is 1.53. The van der Waals surface area contributed by atoms with E-state index in [-0.39, 0.29) is 16.4 Å². The lowest BCUT2D eigenvalue weighted by Crippen LogP contribution is -2.28. The van der Waals surface area contributed by atoms with Gasteiger partial charge >= 0.3 is 0 Å². The van der Waals surface area contributed by atoms with Crippen LogP contribution in [0.15, 0.2) is 10.9 Å². The Hall–Kier alpha value is -2.22. The highest BCUT2D eigenvalue weighted by Gasteiger charge is 2.19. The van der Waals surface area contributed by atoms with Crippen LogP contribution in [0.4, 0.5) is 5.13 Å². The summed E-state index contributed by atoms with van der Waals surface area (Å²) in [5.74, 6) is -0.519. The Labute approximate surface area is 112 Å². The molecule has 7 nitrogen and oxygen atoms in total. The van der Waals surface area contributed by atoms with Gasteiger partial charge in [-0.05, 0) is 13.8 Å². The SMILES string of the molecule is Cc1nsc(NC(=O)c2c(O)cc(C)n(C)c2=O)n1. The number of carbonyl (C=O) groups is 1. The fourth-order valence-corrected chi connectivity index (χ4v) is 2.10. The molecule has 2 aromatic rings. The average Bonchev–Trinajstić information content (AvgIpc) is 2.72. The smallest absolute Gasteiger partial charge is 0.267 e. The Morgan fingerprint density at radius 2 is 2.16 bits per heavy atom. The van der Waals surface area contributed by atoms with Crippen LogP contribution < -0.4 is 10.9 Å². The van der Waals surface area contributed by atoms with Crippen LogP contribution in [0.1, 0.15) is 21.9 Å². The Balaban J connectivity index is 2.40. The summed E-state index contributed by atoms with van der Waals surface area (Å²) < 4.78 is 5.20. The van der Waals surface area contributed by atoms with Gasteiger partial charge in [0.2, 0.25) is 5.13 Å². The van der Waals surface area contributed by atoms with Gasteiger partial charge in [0.25, 0.3) is 11.5 Å². The minimum absolute atomic E-state index is 0.282. The van der Waals surface area contributed by atoms with Crippen molar-refractivity contribution in [2.24, 2.45) is 7.05 Å². The van der Waals surface area contributed by atoms with Crippen molar-refractivity contribution in [1.82, 2.24) is 13.9 Å². The van der Waals surface area contributed by atoms with Gasteiger partial charge in [-0.2, -0.15) is 4.37 Å². The van der Waals surface area contributed by atoms with Crippen molar-refractivity contribution < 1.29 is 9.90 Å². The highest BCUT2D eigenvalue weighted by molar-refractivity contribution is 7.09. The Bertz CT molecular complexity index is 704. The number of hydrogen-bond acceptors (Lipinski definition) is 6. The van der Waals surface area contributed by atoms with Crippen LogP contribution >= 0.6 is 11.5 Å². The standard InChI is InChI=1S/C11H12N4O3S/c1-5-4-7(16)8(10(18)15(5)3)9(17)13-11-12-6(2)14-19-11/h4,16H,1-3H3,(H,12,13,14,17). The van der Waals surface area contributed by atoms with E-state index in [1.165, 1.54) is 17.7 Å². The van der Waals surface area contributed by atoms with Crippen molar-refractivity contribution in [3.05, 3.63) is 33.5 Å². The van der Waals surface area contributed by atoms with E-state index in [0.717, 1.165) is 11.5 Å². The highest BCUT2D eigenvalue weighted by atomic mass is 32.1. The molecular weight excluding hydrogens is 268 g/mol. The van der Waals surface area contributed by atoms with E-state index in [0.29, 0.717) is 11.5 Å². The minimum atomic E-state index is -0.700. The molecule has 2 rings (SSSR count). The van der Waals surface area contributed by atoms with Crippen molar-refractivity contribution in [3.63, 3.8) is 0 Å². The molecule has 0 bridgehead atoms. The van der Waals surface area contributed by atoms with Gasteiger partial charge in [0.15, 0.2) is 0 Å². The van der Waals surface area contributed by atoms with Crippen molar-refractivity contribution in [2.45, 2.75) is 13.8 Å². The molecule has 0 aromatic carbocycles. The van der Waals surface area contributed by atoms with Crippen molar-refractivity contribution in [3.8, 4) is 5.75 Å². The summed E-state index contributed by atoms with van der Waals surface area (Å²) in [6.07, 6.45) is 0. The molecule has 0 fully saturated rings. The van der Waals surface area contributed by atoms with Crippen LogP contribution in [0.5, 0.6) is 5.75 Å². The summed E-state index contributed by atoms with van der Waals surface area (Å²) in [4.78, 5) is 27.9. The Morgan fingerprint density at radius 3 is 2.74 bits per heavy atom. The maximum Gasteiger partial charge on any atom is 0.267 e. The molecule has 8 heteroatoms. The second kappa shape index (κ2) is 4.81. The first kappa shape index (κ1) is 13.2. The first-order valence-corrected chi connectivity index (χ1v) is 6.18. The number of amides is 1. The second-order valence-corrected chi connectivity index (χ2v) is 4.76. The number of rotatable bonds is 2. The predicted octanol–water partition coefficient (Wildman–Crippen LogP) is 0.812. The summed E-state index contributed by atoms with van der Waals surface area (Å²) in [7, 11) is 1.53. The van der Waals surface area contributed by atoms with Gasteiger partial charge in [-0.3, -0.25) is 14.9 Å². The summed E-state index contributed by atoms with van der Waals surface area (Å²) in [6, 6.07) is 1.36. The Morgan fingerprint density at radius 1 is 1.47 bits per heavy atom. The molecule has 0 unspecified atom stereocenters. The van der Waals surface area contributed by atoms with Crippen molar-refractivity contribution in [2.75, 3.05) is 5.32 Å². The average molecular weight is 280 g/mol. The molecule has 0 atom stereocenters. The molecule has 2 N–H and O–H groups in total. The number of aryl methyl sites for hydroxylation is 2. The highest BCUT2D eigenvalue weighted by Crippen LogP contribution is 2.17. The first-order chi connectivity index (χ1) is 8.90. The third-order valence-corrected chi connectivity index (χ3v) is 3.35. The molecule has 0 saturated heterocycles. The Kier molecular flexibility index (Phi) is 3.34. The predicted molar refractivity (Wildman–Crippen MR) is 70.7 cm³/mol. The molecular formula is C11H12N4O3S. The number of aromatic nitrogens is 3. The normalized spacial score (nSPS) is 10.5. The largest absolute Gasteiger partial charge is 0.507 e. The van der Waals surface area contributed by atoms with Crippen LogP contribution in [0.25, 0.3) is 0 Å². The van der Waals surface area contributed by atoms with E-state index >= 15 is 0 Å². The summed E-state index contributed by atoms with van der Waals surface area (Å²) >= 11 is 1.01. The van der Waals surface area contributed by atoms with Crippen molar-refractivity contribution >= 4 is 22.6 Å². The number of aromatic hydroxyl groups is 1. The zero-order valence-electron chi connectivity index (χ0n) is 10.6. The van der Waals surface area contributed by atoms with Gasteiger partial charge in [-0.25, -0.2) is 4.98 Å². The number of nitrogens with zero attached hydrogens (tertiary/aromatic N) is 3. The van der Waals surface area contributed by atoms with Gasteiger partial charge in [0.05, 0.1) is 0 Å². The molecule has 2 aromatic heterocycles. The quantitative estimate of drug-likeness (QED) is 0.848. The fraction of sp³-hybridized carbons (Fsp3) is 0.273. The third-order valence-electron chi connectivity index (χ3n) is 2.62. The van der Waals surface area contributed by atoms with Gasteiger partial charge in [0, 0.05) is 30.3 Å². The molecule has 19 heavy (non-hydrogen) atoms. The zero-order chi connectivity index (χ0) is 14.2. The third kappa shape index (κ3) is 2.48. The molecule has 100 valence electrons. The van der Waals surface area contributed by atoms with Gasteiger partial charge in [-0.1, -0.05) is 0 Å². The maximum atomic E-state index is 12.0. The van der Waals surface area contributed by atoms with E-state index in [9.17, 15) is 14.7 Å². The molecule has 0 aliphatic heterocycles. The summed E-state index contributed by atoms with van der Waals surface area (Å²) in [6.45, 7) is 3.35. The first-order valence-electron chi connectivity index (χ1n) is 5.41. The lowest BCUT2D eigenvalue weighted by atomic mass is 10.2. The van der Waals surface area contributed by atoms with Crippen LogP contribution in [-0.2, 0) is 7.05 Å². The molecule has 0 spiro atoms. The summed E-state index contributed by atoms with van der Waals surface area (Å²) in [5.41, 5.74) is -0.303. The number of hydrogen-bond donors (Lipinski definition) is 2. The van der Waals surface area contributed by atoms with Crippen molar-refractivity contribution in [1.29, 1.82) is 0 Å². The number of carbonyl (C=O) groups excluding carboxylic acids is 1. The van der Waals surface area contributed by atoms with Gasteiger partial charge in [0.1, 0.15) is 17.1 Å². The molecule has 0 aliphatic rings. The molecule has 2 heterocycles. The molecule has 0 radical (unpaired) electrons. The molecule has 0 aliphatic carbocycles. The van der Waals surface area contributed by atoms with Gasteiger partial charge in [-0.15, -0.1) is 0 Å². The van der Waals surface area contributed by atoms with Crippen LogP contribution in [0.3, 0.4) is 0 Å². The van der Waals surface area contributed by atoms with Crippen LogP contribution in [0, 0.1) is 13.8 Å². The second-order valence-electron chi connectivity index (χ2n) is 4.01. The van der Waals surface area contributed by atoms with Crippen LogP contribution in [-0.4, -0.2) is 24.9 Å². The number of anilines is 1. The lowest BCUT2D eigenvalue weighted by Gasteiger charge is -2.08. The summed E-state index contributed by atoms with van der Waals surface area (Å²) in [5, 5.41) is 12.5. The van der Waals surface area contributed by atoms with E-state index in [1.54, 1.807) is 13.8 Å². The zero-order valence-corrected chi connectivity index (χ0v) is 11.4. The maximum absolute atomic E-state index is 12.0. The van der Waals surface area contributed by atoms with E-state index in [4.69, 9.17) is 0 Å². The van der Waals surface area contributed by atoms with E-state index < -0.39 is 11.5 Å².